The number of nitrogens with zero attached hydrogens (tertiary/aromatic N) is 2. The third kappa shape index (κ3) is 3.45. The second-order valence-corrected chi connectivity index (χ2v) is 7.04. The molecular formula is C22H26N2O3. The van der Waals surface area contributed by atoms with E-state index < -0.39 is 0 Å². The fraction of sp³-hybridized carbons (Fsp3) is 0.409. The molecule has 1 aliphatic heterocycles. The maximum absolute atomic E-state index is 6.46. The summed E-state index contributed by atoms with van der Waals surface area (Å²) in [5.74, 6) is 1.90. The third-order valence-electron chi connectivity index (χ3n) is 5.27. The molecule has 2 aromatic carbocycles. The molecule has 0 aliphatic carbocycles. The van der Waals surface area contributed by atoms with Gasteiger partial charge < -0.3 is 18.8 Å². The molecule has 1 aromatic heterocycles. The van der Waals surface area contributed by atoms with Gasteiger partial charge in [0.1, 0.15) is 17.4 Å². The molecule has 3 aromatic rings. The Balaban J connectivity index is 1.71. The lowest BCUT2D eigenvalue weighted by atomic mass is 9.95. The molecule has 0 spiro atoms. The van der Waals surface area contributed by atoms with Crippen molar-refractivity contribution in [3.8, 4) is 5.75 Å². The van der Waals surface area contributed by atoms with Gasteiger partial charge in [0.05, 0.1) is 25.3 Å². The molecule has 2 heterocycles. The summed E-state index contributed by atoms with van der Waals surface area (Å²) >= 11 is 0. The summed E-state index contributed by atoms with van der Waals surface area (Å²) in [5, 5.41) is 0. The summed E-state index contributed by atoms with van der Waals surface area (Å²) in [6, 6.07) is 12.7. The Kier molecular flexibility index (Phi) is 5.14. The molecule has 5 nitrogen and oxygen atoms in total. The fourth-order valence-corrected chi connectivity index (χ4v) is 3.77. The Labute approximate surface area is 159 Å². The van der Waals surface area contributed by atoms with Crippen molar-refractivity contribution in [2.75, 3.05) is 20.3 Å². The first-order valence-electron chi connectivity index (χ1n) is 9.45. The Bertz CT molecular complexity index is 934. The van der Waals surface area contributed by atoms with Gasteiger partial charge in [0.15, 0.2) is 5.75 Å². The highest BCUT2D eigenvalue weighted by Gasteiger charge is 2.26. The van der Waals surface area contributed by atoms with Gasteiger partial charge in [-0.25, -0.2) is 4.98 Å². The van der Waals surface area contributed by atoms with Gasteiger partial charge in [-0.3, -0.25) is 0 Å². The lowest BCUT2D eigenvalue weighted by Gasteiger charge is -2.27. The van der Waals surface area contributed by atoms with Crippen LogP contribution in [-0.2, 0) is 29.5 Å². The highest BCUT2D eigenvalue weighted by atomic mass is 16.5. The number of benzene rings is 2. The van der Waals surface area contributed by atoms with Crippen molar-refractivity contribution in [1.29, 1.82) is 0 Å². The predicted octanol–water partition coefficient (Wildman–Crippen LogP) is 4.11. The molecule has 0 radical (unpaired) electrons. The van der Waals surface area contributed by atoms with E-state index in [1.165, 1.54) is 11.1 Å². The number of hydrogen-bond donors (Lipinski definition) is 0. The Morgan fingerprint density at radius 1 is 1.22 bits per heavy atom. The summed E-state index contributed by atoms with van der Waals surface area (Å²) in [5.41, 5.74) is 5.63. The standard InChI is InChI=1S/C22H26N2O3/c1-15-23-20-21(24(15)2)18(14-26-12-11-25-3)13-17-9-10-19(27-22(17)20)16-7-5-4-6-8-16/h4-8,13,19H,9-12,14H2,1-3H3. The van der Waals surface area contributed by atoms with E-state index in [-0.39, 0.29) is 6.10 Å². The summed E-state index contributed by atoms with van der Waals surface area (Å²) in [7, 11) is 3.73. The van der Waals surface area contributed by atoms with Crippen LogP contribution < -0.4 is 4.74 Å². The van der Waals surface area contributed by atoms with E-state index in [1.54, 1.807) is 7.11 Å². The number of methoxy groups -OCH3 is 1. The van der Waals surface area contributed by atoms with Crippen LogP contribution in [0.3, 0.4) is 0 Å². The van der Waals surface area contributed by atoms with Crippen LogP contribution in [0.25, 0.3) is 11.0 Å². The number of aryl methyl sites for hydroxylation is 3. The highest BCUT2D eigenvalue weighted by molar-refractivity contribution is 5.87. The predicted molar refractivity (Wildman–Crippen MR) is 105 cm³/mol. The fourth-order valence-electron chi connectivity index (χ4n) is 3.77. The SMILES string of the molecule is COCCOCc1cc2c(c3nc(C)n(C)c13)OC(c1ccccc1)CC2. The first-order valence-corrected chi connectivity index (χ1v) is 9.45. The van der Waals surface area contributed by atoms with Gasteiger partial charge in [-0.1, -0.05) is 30.3 Å². The quantitative estimate of drug-likeness (QED) is 0.616. The molecule has 1 unspecified atom stereocenters. The molecule has 142 valence electrons. The minimum Gasteiger partial charge on any atom is -0.483 e. The van der Waals surface area contributed by atoms with Crippen LogP contribution in [0.4, 0.5) is 0 Å². The van der Waals surface area contributed by atoms with Gasteiger partial charge in [0.25, 0.3) is 0 Å². The summed E-state index contributed by atoms with van der Waals surface area (Å²) in [4.78, 5) is 4.82. The summed E-state index contributed by atoms with van der Waals surface area (Å²) in [6.07, 6.45) is 2.03. The van der Waals surface area contributed by atoms with E-state index in [0.29, 0.717) is 19.8 Å². The molecule has 5 heteroatoms. The van der Waals surface area contributed by atoms with Gasteiger partial charge >= 0.3 is 0 Å². The van der Waals surface area contributed by atoms with Crippen LogP contribution in [-0.4, -0.2) is 29.9 Å². The lowest BCUT2D eigenvalue weighted by molar-refractivity contribution is 0.0619. The number of fused-ring (bicyclic) bond motifs is 3. The second-order valence-electron chi connectivity index (χ2n) is 7.04. The van der Waals surface area contributed by atoms with Crippen LogP contribution >= 0.6 is 0 Å². The molecule has 27 heavy (non-hydrogen) atoms. The molecule has 1 aliphatic rings. The topological polar surface area (TPSA) is 45.5 Å². The lowest BCUT2D eigenvalue weighted by Crippen LogP contribution is -2.16. The molecule has 0 amide bonds. The maximum atomic E-state index is 6.46. The Hall–Kier alpha value is -2.37. The van der Waals surface area contributed by atoms with E-state index in [0.717, 1.165) is 41.0 Å². The van der Waals surface area contributed by atoms with Crippen molar-refractivity contribution in [2.45, 2.75) is 32.5 Å². The largest absolute Gasteiger partial charge is 0.483 e. The van der Waals surface area contributed by atoms with Gasteiger partial charge in [-0.15, -0.1) is 0 Å². The van der Waals surface area contributed by atoms with E-state index >= 15 is 0 Å². The third-order valence-corrected chi connectivity index (χ3v) is 5.27. The van der Waals surface area contributed by atoms with Gasteiger partial charge in [0, 0.05) is 19.7 Å². The zero-order valence-corrected chi connectivity index (χ0v) is 16.2. The molecule has 0 bridgehead atoms. The number of ether oxygens (including phenoxy) is 3. The van der Waals surface area contributed by atoms with Gasteiger partial charge in [-0.2, -0.15) is 0 Å². The Morgan fingerprint density at radius 3 is 2.81 bits per heavy atom. The van der Waals surface area contributed by atoms with E-state index in [4.69, 9.17) is 19.2 Å². The van der Waals surface area contributed by atoms with Crippen molar-refractivity contribution < 1.29 is 14.2 Å². The zero-order valence-electron chi connectivity index (χ0n) is 16.2. The van der Waals surface area contributed by atoms with Gasteiger partial charge in [-0.05, 0) is 37.0 Å². The molecule has 0 saturated heterocycles. The number of rotatable bonds is 6. The minimum atomic E-state index is 0.0769. The van der Waals surface area contributed by atoms with E-state index in [9.17, 15) is 0 Å². The van der Waals surface area contributed by atoms with Crippen molar-refractivity contribution in [3.63, 3.8) is 0 Å². The zero-order chi connectivity index (χ0) is 18.8. The minimum absolute atomic E-state index is 0.0769. The van der Waals surface area contributed by atoms with E-state index in [2.05, 4.69) is 34.9 Å². The van der Waals surface area contributed by atoms with Crippen molar-refractivity contribution in [2.24, 2.45) is 7.05 Å². The van der Waals surface area contributed by atoms with Crippen LogP contribution in [0, 0.1) is 6.92 Å². The molecule has 0 fully saturated rings. The van der Waals surface area contributed by atoms with Gasteiger partial charge in [0.2, 0.25) is 0 Å². The smallest absolute Gasteiger partial charge is 0.151 e. The highest BCUT2D eigenvalue weighted by Crippen LogP contribution is 2.41. The van der Waals surface area contributed by atoms with Crippen molar-refractivity contribution in [3.05, 3.63) is 58.9 Å². The normalized spacial score (nSPS) is 16.3. The molecule has 4 rings (SSSR count). The molecule has 0 N–H and O–H groups in total. The monoisotopic (exact) mass is 366 g/mol. The van der Waals surface area contributed by atoms with Crippen molar-refractivity contribution in [1.82, 2.24) is 9.55 Å². The average molecular weight is 366 g/mol. The number of hydrogen-bond acceptors (Lipinski definition) is 4. The van der Waals surface area contributed by atoms with Crippen LogP contribution in [0.1, 0.15) is 35.0 Å². The number of aromatic nitrogens is 2. The maximum Gasteiger partial charge on any atom is 0.151 e. The molecular weight excluding hydrogens is 340 g/mol. The molecule has 1 atom stereocenters. The van der Waals surface area contributed by atoms with Crippen molar-refractivity contribution >= 4 is 11.0 Å². The number of imidazole rings is 1. The average Bonchev–Trinajstić information content (AvgIpc) is 3.01. The first kappa shape index (κ1) is 18.0. The summed E-state index contributed by atoms with van der Waals surface area (Å²) < 4.78 is 19.5. The van der Waals surface area contributed by atoms with E-state index in [1.807, 2.05) is 20.0 Å². The van der Waals surface area contributed by atoms with Crippen LogP contribution in [0.2, 0.25) is 0 Å². The van der Waals surface area contributed by atoms with Crippen LogP contribution in [0.5, 0.6) is 5.75 Å². The first-order chi connectivity index (χ1) is 13.2. The second kappa shape index (κ2) is 7.71. The van der Waals surface area contributed by atoms with Crippen LogP contribution in [0.15, 0.2) is 36.4 Å². The summed E-state index contributed by atoms with van der Waals surface area (Å²) in [6.45, 7) is 3.76. The molecule has 0 saturated carbocycles. The Morgan fingerprint density at radius 2 is 2.04 bits per heavy atom.